The molecule has 96 valence electrons. The summed E-state index contributed by atoms with van der Waals surface area (Å²) in [6, 6.07) is 2.38. The number of hydrogen-bond acceptors (Lipinski definition) is 2. The minimum Gasteiger partial charge on any atom is -0.478 e. The molecule has 1 aromatic carbocycles. The first-order chi connectivity index (χ1) is 8.36. The van der Waals surface area contributed by atoms with Gasteiger partial charge >= 0.3 is 12.1 Å². The summed E-state index contributed by atoms with van der Waals surface area (Å²) in [5, 5.41) is 11.5. The van der Waals surface area contributed by atoms with Crippen LogP contribution in [0, 0.1) is 11.8 Å². The van der Waals surface area contributed by atoms with E-state index < -0.39 is 17.7 Å². The number of carbonyl (C=O) groups is 1. The highest BCUT2D eigenvalue weighted by Gasteiger charge is 2.31. The van der Waals surface area contributed by atoms with Crippen LogP contribution in [-0.4, -0.2) is 24.7 Å². The van der Waals surface area contributed by atoms with Gasteiger partial charge in [-0.25, -0.2) is 4.79 Å². The number of alkyl halides is 3. The minimum absolute atomic E-state index is 0.146. The van der Waals surface area contributed by atoms with Crippen molar-refractivity contribution in [3.63, 3.8) is 0 Å². The van der Waals surface area contributed by atoms with E-state index >= 15 is 0 Å². The third-order valence-corrected chi connectivity index (χ3v) is 2.07. The van der Waals surface area contributed by atoms with Crippen LogP contribution in [-0.2, 0) is 6.18 Å². The average molecular weight is 257 g/mol. The Bertz CT molecular complexity index is 512. The largest absolute Gasteiger partial charge is 0.478 e. The molecule has 0 unspecified atom stereocenters. The molecule has 0 bridgehead atoms. The summed E-state index contributed by atoms with van der Waals surface area (Å²) >= 11 is 0. The molecular formula is C12H10F3NO2. The van der Waals surface area contributed by atoms with Crippen molar-refractivity contribution in [3.05, 3.63) is 34.9 Å². The number of nitrogens with one attached hydrogen (secondary N) is 1. The molecule has 0 aliphatic rings. The van der Waals surface area contributed by atoms with Crippen molar-refractivity contribution >= 4 is 5.97 Å². The van der Waals surface area contributed by atoms with Gasteiger partial charge in [-0.05, 0) is 25.2 Å². The lowest BCUT2D eigenvalue weighted by atomic mass is 10.0. The fourth-order valence-electron chi connectivity index (χ4n) is 1.24. The van der Waals surface area contributed by atoms with E-state index in [9.17, 15) is 18.0 Å². The highest BCUT2D eigenvalue weighted by molar-refractivity contribution is 5.90. The summed E-state index contributed by atoms with van der Waals surface area (Å²) in [7, 11) is 1.62. The maximum atomic E-state index is 12.5. The van der Waals surface area contributed by atoms with Gasteiger partial charge in [-0.1, -0.05) is 11.8 Å². The van der Waals surface area contributed by atoms with Crippen molar-refractivity contribution in [2.45, 2.75) is 6.18 Å². The maximum Gasteiger partial charge on any atom is 0.416 e. The SMILES string of the molecule is CNCC#Cc1cc(C(F)(F)F)ccc1C(=O)O. The predicted octanol–water partition coefficient (Wildman–Crippen LogP) is 1.97. The smallest absolute Gasteiger partial charge is 0.416 e. The summed E-state index contributed by atoms with van der Waals surface area (Å²) in [6.45, 7) is 0.259. The molecule has 0 spiro atoms. The predicted molar refractivity (Wildman–Crippen MR) is 59.2 cm³/mol. The van der Waals surface area contributed by atoms with Crippen LogP contribution in [0.4, 0.5) is 13.2 Å². The second-order valence-electron chi connectivity index (χ2n) is 3.40. The molecule has 2 N–H and O–H groups in total. The van der Waals surface area contributed by atoms with Crippen LogP contribution in [0.1, 0.15) is 21.5 Å². The molecule has 1 aromatic rings. The summed E-state index contributed by atoms with van der Waals surface area (Å²) in [5.41, 5.74) is -1.31. The van der Waals surface area contributed by atoms with E-state index in [1.807, 2.05) is 0 Å². The van der Waals surface area contributed by atoms with E-state index in [-0.39, 0.29) is 17.7 Å². The first-order valence-corrected chi connectivity index (χ1v) is 4.94. The summed E-state index contributed by atoms with van der Waals surface area (Å²) in [6.07, 6.45) is -4.52. The number of aromatic carboxylic acids is 1. The van der Waals surface area contributed by atoms with Crippen molar-refractivity contribution < 1.29 is 23.1 Å². The Labute approximate surface area is 102 Å². The zero-order valence-electron chi connectivity index (χ0n) is 9.43. The molecule has 6 heteroatoms. The fourth-order valence-corrected chi connectivity index (χ4v) is 1.24. The lowest BCUT2D eigenvalue weighted by Gasteiger charge is -2.08. The molecule has 18 heavy (non-hydrogen) atoms. The van der Waals surface area contributed by atoms with E-state index in [1.54, 1.807) is 7.05 Å². The number of benzene rings is 1. The van der Waals surface area contributed by atoms with E-state index in [1.165, 1.54) is 0 Å². The molecule has 0 radical (unpaired) electrons. The Hall–Kier alpha value is -2.00. The van der Waals surface area contributed by atoms with Crippen molar-refractivity contribution in [2.24, 2.45) is 0 Å². The molecule has 0 fully saturated rings. The Morgan fingerprint density at radius 1 is 1.44 bits per heavy atom. The Balaban J connectivity index is 3.26. The highest BCUT2D eigenvalue weighted by atomic mass is 19.4. The lowest BCUT2D eigenvalue weighted by molar-refractivity contribution is -0.137. The average Bonchev–Trinajstić information content (AvgIpc) is 2.27. The van der Waals surface area contributed by atoms with Crippen LogP contribution >= 0.6 is 0 Å². The summed E-state index contributed by atoms with van der Waals surface area (Å²) in [5.74, 6) is 3.64. The quantitative estimate of drug-likeness (QED) is 0.796. The Morgan fingerprint density at radius 2 is 2.11 bits per heavy atom. The molecule has 1 rings (SSSR count). The number of rotatable bonds is 2. The summed E-state index contributed by atoms with van der Waals surface area (Å²) < 4.78 is 37.4. The monoisotopic (exact) mass is 257 g/mol. The molecule has 0 heterocycles. The van der Waals surface area contributed by atoms with Crippen LogP contribution in [0.5, 0.6) is 0 Å². The van der Waals surface area contributed by atoms with Crippen LogP contribution < -0.4 is 5.32 Å². The minimum atomic E-state index is -4.52. The van der Waals surface area contributed by atoms with Crippen LogP contribution in [0.15, 0.2) is 18.2 Å². The first kappa shape index (κ1) is 14.1. The molecule has 0 aromatic heterocycles. The van der Waals surface area contributed by atoms with Gasteiger partial charge in [0.15, 0.2) is 0 Å². The van der Waals surface area contributed by atoms with E-state index in [2.05, 4.69) is 17.2 Å². The topological polar surface area (TPSA) is 49.3 Å². The first-order valence-electron chi connectivity index (χ1n) is 4.94. The second-order valence-corrected chi connectivity index (χ2v) is 3.40. The molecular weight excluding hydrogens is 247 g/mol. The van der Waals surface area contributed by atoms with Crippen molar-refractivity contribution in [1.82, 2.24) is 5.32 Å². The number of carboxylic acid groups (broad SMARTS) is 1. The standard InChI is InChI=1S/C12H10F3NO2/c1-16-6-2-3-8-7-9(12(13,14)15)4-5-10(8)11(17)18/h4-5,7,16H,6H2,1H3,(H,17,18). The van der Waals surface area contributed by atoms with Crippen molar-refractivity contribution in [3.8, 4) is 11.8 Å². The van der Waals surface area contributed by atoms with Crippen molar-refractivity contribution in [2.75, 3.05) is 13.6 Å². The second kappa shape index (κ2) is 5.56. The van der Waals surface area contributed by atoms with Gasteiger partial charge in [-0.2, -0.15) is 13.2 Å². The molecule has 0 saturated carbocycles. The van der Waals surface area contributed by atoms with Crippen molar-refractivity contribution in [1.29, 1.82) is 0 Å². The Morgan fingerprint density at radius 3 is 2.61 bits per heavy atom. The Kier molecular flexibility index (Phi) is 4.34. The van der Waals surface area contributed by atoms with Crippen LogP contribution in [0.25, 0.3) is 0 Å². The number of halogens is 3. The molecule has 0 saturated heterocycles. The molecule has 3 nitrogen and oxygen atoms in total. The summed E-state index contributed by atoms with van der Waals surface area (Å²) in [4.78, 5) is 10.9. The van der Waals surface area contributed by atoms with Gasteiger partial charge in [0.05, 0.1) is 17.7 Å². The van der Waals surface area contributed by atoms with Gasteiger partial charge in [-0.15, -0.1) is 0 Å². The third-order valence-electron chi connectivity index (χ3n) is 2.07. The molecule has 0 aliphatic heterocycles. The van der Waals surface area contributed by atoms with Crippen LogP contribution in [0.3, 0.4) is 0 Å². The number of hydrogen-bond donors (Lipinski definition) is 2. The van der Waals surface area contributed by atoms with Gasteiger partial charge in [-0.3, -0.25) is 0 Å². The van der Waals surface area contributed by atoms with Gasteiger partial charge < -0.3 is 10.4 Å². The molecule has 0 atom stereocenters. The lowest BCUT2D eigenvalue weighted by Crippen LogP contribution is -2.08. The normalized spacial score (nSPS) is 10.7. The van der Waals surface area contributed by atoms with Gasteiger partial charge in [0.25, 0.3) is 0 Å². The van der Waals surface area contributed by atoms with E-state index in [0.717, 1.165) is 18.2 Å². The van der Waals surface area contributed by atoms with Gasteiger partial charge in [0.1, 0.15) is 0 Å². The van der Waals surface area contributed by atoms with Gasteiger partial charge in [0, 0.05) is 5.56 Å². The number of carboxylic acids is 1. The van der Waals surface area contributed by atoms with E-state index in [0.29, 0.717) is 0 Å². The third kappa shape index (κ3) is 3.50. The maximum absolute atomic E-state index is 12.5. The highest BCUT2D eigenvalue weighted by Crippen LogP contribution is 2.30. The fraction of sp³-hybridized carbons (Fsp3) is 0.250. The van der Waals surface area contributed by atoms with E-state index in [4.69, 9.17) is 5.11 Å². The van der Waals surface area contributed by atoms with Crippen LogP contribution in [0.2, 0.25) is 0 Å². The zero-order valence-corrected chi connectivity index (χ0v) is 9.43. The zero-order chi connectivity index (χ0) is 13.8. The van der Waals surface area contributed by atoms with Gasteiger partial charge in [0.2, 0.25) is 0 Å². The molecule has 0 aliphatic carbocycles. The molecule has 0 amide bonds.